The minimum absolute atomic E-state index is 0.219. The van der Waals surface area contributed by atoms with Crippen molar-refractivity contribution in [1.82, 2.24) is 4.90 Å². The molecule has 2 aromatic carbocycles. The van der Waals surface area contributed by atoms with Crippen molar-refractivity contribution in [3.05, 3.63) is 59.2 Å². The Balaban J connectivity index is 1.61. The molecule has 0 atom stereocenters. The van der Waals surface area contributed by atoms with Gasteiger partial charge in [0.25, 0.3) is 0 Å². The maximum atomic E-state index is 13.6. The van der Waals surface area contributed by atoms with Gasteiger partial charge in [0.2, 0.25) is 0 Å². The Morgan fingerprint density at radius 2 is 1.70 bits per heavy atom. The number of anilines is 2. The molecule has 1 saturated heterocycles. The molecular formula is C20H21F2N3O2. The van der Waals surface area contributed by atoms with Gasteiger partial charge in [0.05, 0.1) is 5.69 Å². The largest absolute Gasteiger partial charge is 0.368 e. The van der Waals surface area contributed by atoms with Gasteiger partial charge < -0.3 is 15.1 Å². The number of rotatable bonds is 2. The summed E-state index contributed by atoms with van der Waals surface area (Å²) < 4.78 is 26.6. The van der Waals surface area contributed by atoms with Crippen LogP contribution in [0.2, 0.25) is 0 Å². The molecule has 0 unspecified atom stereocenters. The number of hydrogen-bond acceptors (Lipinski definition) is 3. The lowest BCUT2D eigenvalue weighted by Crippen LogP contribution is -2.51. The van der Waals surface area contributed by atoms with Crippen molar-refractivity contribution in [1.29, 1.82) is 0 Å². The average Bonchev–Trinajstić information content (AvgIpc) is 2.66. The number of hydrogen-bond donors (Lipinski definition) is 1. The summed E-state index contributed by atoms with van der Waals surface area (Å²) in [5, 5.41) is 2.21. The molecule has 142 valence electrons. The second-order valence-corrected chi connectivity index (χ2v) is 6.58. The van der Waals surface area contributed by atoms with E-state index in [-0.39, 0.29) is 5.69 Å². The van der Waals surface area contributed by atoms with Gasteiger partial charge in [-0.05, 0) is 43.2 Å². The lowest BCUT2D eigenvalue weighted by atomic mass is 10.1. The quantitative estimate of drug-likeness (QED) is 0.824. The highest BCUT2D eigenvalue weighted by Crippen LogP contribution is 2.24. The van der Waals surface area contributed by atoms with Gasteiger partial charge in [-0.1, -0.05) is 12.1 Å². The fourth-order valence-electron chi connectivity index (χ4n) is 3.14. The zero-order chi connectivity index (χ0) is 19.6. The van der Waals surface area contributed by atoms with E-state index >= 15 is 0 Å². The monoisotopic (exact) mass is 373 g/mol. The molecule has 1 aliphatic rings. The molecule has 2 aromatic rings. The molecule has 3 rings (SSSR count). The number of amides is 2. The second-order valence-electron chi connectivity index (χ2n) is 6.58. The molecule has 1 aliphatic heterocycles. The van der Waals surface area contributed by atoms with E-state index in [1.54, 1.807) is 0 Å². The Kier molecular flexibility index (Phi) is 5.39. The van der Waals surface area contributed by atoms with Crippen LogP contribution >= 0.6 is 0 Å². The average molecular weight is 373 g/mol. The molecule has 7 heteroatoms. The molecule has 1 N–H and O–H groups in total. The minimum atomic E-state index is -0.930. The summed E-state index contributed by atoms with van der Waals surface area (Å²) in [4.78, 5) is 28.1. The van der Waals surface area contributed by atoms with Crippen molar-refractivity contribution in [3.8, 4) is 0 Å². The second kappa shape index (κ2) is 7.73. The highest BCUT2D eigenvalue weighted by atomic mass is 19.1. The molecule has 0 aromatic heterocycles. The fourth-order valence-corrected chi connectivity index (χ4v) is 3.14. The molecule has 1 fully saturated rings. The highest BCUT2D eigenvalue weighted by molar-refractivity contribution is 6.39. The topological polar surface area (TPSA) is 52.7 Å². The Morgan fingerprint density at radius 3 is 2.37 bits per heavy atom. The van der Waals surface area contributed by atoms with Crippen molar-refractivity contribution >= 4 is 23.2 Å². The maximum Gasteiger partial charge on any atom is 0.313 e. The molecule has 0 spiro atoms. The lowest BCUT2D eigenvalue weighted by molar-refractivity contribution is -0.143. The van der Waals surface area contributed by atoms with E-state index in [1.165, 1.54) is 16.0 Å². The van der Waals surface area contributed by atoms with Gasteiger partial charge in [-0.2, -0.15) is 0 Å². The molecule has 0 saturated carbocycles. The molecular weight excluding hydrogens is 352 g/mol. The van der Waals surface area contributed by atoms with Crippen LogP contribution in [0.1, 0.15) is 11.1 Å². The summed E-state index contributed by atoms with van der Waals surface area (Å²) in [6, 6.07) is 8.87. The summed E-state index contributed by atoms with van der Waals surface area (Å²) in [7, 11) is 0. The third-order valence-electron chi connectivity index (χ3n) is 4.86. The number of piperazine rings is 1. The normalized spacial score (nSPS) is 14.2. The van der Waals surface area contributed by atoms with Crippen LogP contribution in [-0.2, 0) is 9.59 Å². The Morgan fingerprint density at radius 1 is 1.00 bits per heavy atom. The highest BCUT2D eigenvalue weighted by Gasteiger charge is 2.27. The van der Waals surface area contributed by atoms with Crippen molar-refractivity contribution < 1.29 is 18.4 Å². The van der Waals surface area contributed by atoms with E-state index in [2.05, 4.69) is 30.1 Å². The van der Waals surface area contributed by atoms with Gasteiger partial charge >= 0.3 is 11.8 Å². The molecule has 5 nitrogen and oxygen atoms in total. The van der Waals surface area contributed by atoms with Gasteiger partial charge in [0.1, 0.15) is 11.6 Å². The molecule has 0 aliphatic carbocycles. The number of carbonyl (C=O) groups excluding carboxylic acids is 2. The molecule has 2 amide bonds. The van der Waals surface area contributed by atoms with Gasteiger partial charge in [0, 0.05) is 37.9 Å². The van der Waals surface area contributed by atoms with Crippen LogP contribution in [0.15, 0.2) is 36.4 Å². The smallest absolute Gasteiger partial charge is 0.313 e. The van der Waals surface area contributed by atoms with Crippen LogP contribution < -0.4 is 10.2 Å². The zero-order valence-corrected chi connectivity index (χ0v) is 15.3. The number of halogens is 2. The lowest BCUT2D eigenvalue weighted by Gasteiger charge is -2.36. The van der Waals surface area contributed by atoms with Crippen molar-refractivity contribution in [3.63, 3.8) is 0 Å². The summed E-state index contributed by atoms with van der Waals surface area (Å²) in [5.74, 6) is -3.32. The molecule has 0 radical (unpaired) electrons. The van der Waals surface area contributed by atoms with Crippen molar-refractivity contribution in [2.75, 3.05) is 36.4 Å². The third kappa shape index (κ3) is 4.07. The minimum Gasteiger partial charge on any atom is -0.368 e. The fraction of sp³-hybridized carbons (Fsp3) is 0.300. The number of benzene rings is 2. The van der Waals surface area contributed by atoms with E-state index in [9.17, 15) is 18.4 Å². The van der Waals surface area contributed by atoms with Gasteiger partial charge in [0.15, 0.2) is 0 Å². The predicted octanol–water partition coefficient (Wildman–Crippen LogP) is 2.87. The standard InChI is InChI=1S/C20H21F2N3O2/c1-13-4-3-5-18(14(13)2)24-8-10-25(11-9-24)20(27)19(26)23-17-7-6-15(21)12-16(17)22/h3-7,12H,8-11H2,1-2H3,(H,23,26). The molecule has 0 bridgehead atoms. The summed E-state index contributed by atoms with van der Waals surface area (Å²) in [6.45, 7) is 6.12. The van der Waals surface area contributed by atoms with E-state index in [4.69, 9.17) is 0 Å². The summed E-state index contributed by atoms with van der Waals surface area (Å²) in [5.41, 5.74) is 3.30. The van der Waals surface area contributed by atoms with E-state index in [1.807, 2.05) is 12.1 Å². The van der Waals surface area contributed by atoms with Crippen LogP contribution in [0.3, 0.4) is 0 Å². The first kappa shape index (κ1) is 18.8. The number of carbonyl (C=O) groups is 2. The van der Waals surface area contributed by atoms with E-state index in [0.29, 0.717) is 32.2 Å². The predicted molar refractivity (Wildman–Crippen MR) is 99.7 cm³/mol. The van der Waals surface area contributed by atoms with Crippen LogP contribution in [0.5, 0.6) is 0 Å². The number of nitrogens with zero attached hydrogens (tertiary/aromatic N) is 2. The first-order valence-corrected chi connectivity index (χ1v) is 8.73. The Labute approximate surface area is 156 Å². The van der Waals surface area contributed by atoms with Crippen molar-refractivity contribution in [2.24, 2.45) is 0 Å². The third-order valence-corrected chi connectivity index (χ3v) is 4.86. The van der Waals surface area contributed by atoms with Gasteiger partial charge in [-0.15, -0.1) is 0 Å². The summed E-state index contributed by atoms with van der Waals surface area (Å²) in [6.07, 6.45) is 0. The van der Waals surface area contributed by atoms with Gasteiger partial charge in [-0.25, -0.2) is 8.78 Å². The maximum absolute atomic E-state index is 13.6. The Hall–Kier alpha value is -2.96. The van der Waals surface area contributed by atoms with Crippen LogP contribution in [0.4, 0.5) is 20.2 Å². The van der Waals surface area contributed by atoms with Crippen LogP contribution in [0, 0.1) is 25.5 Å². The SMILES string of the molecule is Cc1cccc(N2CCN(C(=O)C(=O)Nc3ccc(F)cc3F)CC2)c1C. The van der Waals surface area contributed by atoms with Crippen molar-refractivity contribution in [2.45, 2.75) is 13.8 Å². The van der Waals surface area contributed by atoms with Crippen LogP contribution in [0.25, 0.3) is 0 Å². The summed E-state index contributed by atoms with van der Waals surface area (Å²) >= 11 is 0. The van der Waals surface area contributed by atoms with E-state index in [0.717, 1.165) is 17.8 Å². The van der Waals surface area contributed by atoms with E-state index < -0.39 is 23.4 Å². The molecule has 27 heavy (non-hydrogen) atoms. The Bertz CT molecular complexity index is 878. The van der Waals surface area contributed by atoms with Crippen LogP contribution in [-0.4, -0.2) is 42.9 Å². The first-order valence-electron chi connectivity index (χ1n) is 8.73. The first-order chi connectivity index (χ1) is 12.9. The van der Waals surface area contributed by atoms with Gasteiger partial charge in [-0.3, -0.25) is 9.59 Å². The molecule has 1 heterocycles. The number of nitrogens with one attached hydrogen (secondary N) is 1. The zero-order valence-electron chi connectivity index (χ0n) is 15.3. The number of aryl methyl sites for hydroxylation is 1.